The number of amides is 1. The van der Waals surface area contributed by atoms with E-state index in [1.807, 2.05) is 0 Å². The lowest BCUT2D eigenvalue weighted by Crippen LogP contribution is -2.22. The summed E-state index contributed by atoms with van der Waals surface area (Å²) >= 11 is 6.01. The molecule has 0 aliphatic carbocycles. The zero-order valence-corrected chi connectivity index (χ0v) is 17.5. The molecule has 168 valence electrons. The van der Waals surface area contributed by atoms with E-state index in [9.17, 15) is 22.8 Å². The van der Waals surface area contributed by atoms with E-state index in [2.05, 4.69) is 10.3 Å². The maximum Gasteiger partial charge on any atom is 0.449 e. The van der Waals surface area contributed by atoms with Crippen molar-refractivity contribution in [3.8, 4) is 5.75 Å². The molecule has 6 nitrogen and oxygen atoms in total. The number of benzene rings is 3. The standard InChI is InChI=1S/C23H15ClF3N3O3/c24-17-6-2-1-5-16(17)21(32)28-14-9-11-15(12-10-14)33-20(31)13-30-19-8-4-3-7-18(19)29-22(30)23(25,26)27/h1-12H,13H2,(H,28,32). The van der Waals surface area contributed by atoms with Gasteiger partial charge in [0.25, 0.3) is 5.91 Å². The predicted octanol–water partition coefficient (Wildman–Crippen LogP) is 5.57. The second kappa shape index (κ2) is 8.95. The Labute approximate surface area is 190 Å². The molecule has 4 aromatic rings. The minimum atomic E-state index is -4.74. The van der Waals surface area contributed by atoms with Gasteiger partial charge in [-0.2, -0.15) is 13.2 Å². The van der Waals surface area contributed by atoms with Gasteiger partial charge in [-0.3, -0.25) is 4.79 Å². The Bertz CT molecular complexity index is 1330. The molecule has 1 N–H and O–H groups in total. The summed E-state index contributed by atoms with van der Waals surface area (Å²) in [6.45, 7) is -0.680. The van der Waals surface area contributed by atoms with Gasteiger partial charge in [0.1, 0.15) is 12.3 Å². The van der Waals surface area contributed by atoms with Crippen molar-refractivity contribution < 1.29 is 27.5 Å². The molecule has 0 atom stereocenters. The molecule has 0 saturated carbocycles. The van der Waals surface area contributed by atoms with Crippen LogP contribution in [-0.2, 0) is 17.5 Å². The number of rotatable bonds is 5. The van der Waals surface area contributed by atoms with E-state index in [0.717, 1.165) is 4.57 Å². The van der Waals surface area contributed by atoms with Crippen LogP contribution in [0.4, 0.5) is 18.9 Å². The van der Waals surface area contributed by atoms with Gasteiger partial charge in [-0.05, 0) is 48.5 Å². The molecule has 10 heteroatoms. The number of nitrogens with zero attached hydrogens (tertiary/aromatic N) is 2. The van der Waals surface area contributed by atoms with Crippen LogP contribution in [0.1, 0.15) is 16.2 Å². The van der Waals surface area contributed by atoms with Crippen molar-refractivity contribution in [2.45, 2.75) is 12.7 Å². The number of imidazole rings is 1. The van der Waals surface area contributed by atoms with E-state index >= 15 is 0 Å². The van der Waals surface area contributed by atoms with Gasteiger partial charge in [-0.1, -0.05) is 35.9 Å². The molecule has 0 fully saturated rings. The predicted molar refractivity (Wildman–Crippen MR) is 116 cm³/mol. The molecule has 0 radical (unpaired) electrons. The number of alkyl halides is 3. The lowest BCUT2D eigenvalue weighted by atomic mass is 10.2. The Morgan fingerprint density at radius 3 is 2.33 bits per heavy atom. The molecular formula is C23H15ClF3N3O3. The van der Waals surface area contributed by atoms with Crippen LogP contribution in [0.25, 0.3) is 11.0 Å². The van der Waals surface area contributed by atoms with E-state index in [-0.39, 0.29) is 16.8 Å². The van der Waals surface area contributed by atoms with Crippen molar-refractivity contribution in [2.24, 2.45) is 0 Å². The van der Waals surface area contributed by atoms with E-state index in [1.165, 1.54) is 36.4 Å². The molecule has 0 bridgehead atoms. The van der Waals surface area contributed by atoms with Crippen LogP contribution >= 0.6 is 11.6 Å². The minimum Gasteiger partial charge on any atom is -0.425 e. The quantitative estimate of drug-likeness (QED) is 0.304. The first-order valence-corrected chi connectivity index (χ1v) is 9.99. The summed E-state index contributed by atoms with van der Waals surface area (Å²) in [6.07, 6.45) is -4.74. The SMILES string of the molecule is O=C(Cn1c(C(F)(F)F)nc2ccccc21)Oc1ccc(NC(=O)c2ccccc2Cl)cc1. The fraction of sp³-hybridized carbons (Fsp3) is 0.0870. The monoisotopic (exact) mass is 473 g/mol. The highest BCUT2D eigenvalue weighted by Crippen LogP contribution is 2.31. The number of para-hydroxylation sites is 2. The molecule has 4 rings (SSSR count). The van der Waals surface area contributed by atoms with Gasteiger partial charge in [0.2, 0.25) is 5.82 Å². The summed E-state index contributed by atoms with van der Waals surface area (Å²) in [5.74, 6) is -2.40. The third-order valence-corrected chi connectivity index (χ3v) is 4.99. The van der Waals surface area contributed by atoms with Gasteiger partial charge in [-0.25, -0.2) is 9.78 Å². The van der Waals surface area contributed by atoms with Crippen LogP contribution in [0.3, 0.4) is 0 Å². The molecule has 0 spiro atoms. The minimum absolute atomic E-state index is 0.105. The van der Waals surface area contributed by atoms with Gasteiger partial charge in [-0.15, -0.1) is 0 Å². The second-order valence-electron chi connectivity index (χ2n) is 6.94. The highest BCUT2D eigenvalue weighted by molar-refractivity contribution is 6.34. The molecule has 0 unspecified atom stereocenters. The number of aromatic nitrogens is 2. The lowest BCUT2D eigenvalue weighted by molar-refractivity contribution is -0.148. The number of fused-ring (bicyclic) bond motifs is 1. The van der Waals surface area contributed by atoms with Crippen molar-refractivity contribution in [3.63, 3.8) is 0 Å². The van der Waals surface area contributed by atoms with Crippen LogP contribution in [0.15, 0.2) is 72.8 Å². The smallest absolute Gasteiger partial charge is 0.425 e. The average Bonchev–Trinajstić information content (AvgIpc) is 3.14. The second-order valence-corrected chi connectivity index (χ2v) is 7.35. The number of carbonyl (C=O) groups is 2. The molecule has 0 saturated heterocycles. The van der Waals surface area contributed by atoms with Gasteiger partial charge in [0.05, 0.1) is 21.6 Å². The lowest BCUT2D eigenvalue weighted by Gasteiger charge is -2.11. The first-order valence-electron chi connectivity index (χ1n) is 9.61. The van der Waals surface area contributed by atoms with Gasteiger partial charge < -0.3 is 14.6 Å². The van der Waals surface area contributed by atoms with E-state index in [4.69, 9.17) is 16.3 Å². The Hall–Kier alpha value is -3.85. The fourth-order valence-electron chi connectivity index (χ4n) is 3.19. The van der Waals surface area contributed by atoms with Crippen molar-refractivity contribution >= 4 is 40.2 Å². The topological polar surface area (TPSA) is 73.2 Å². The molecule has 1 amide bonds. The Morgan fingerprint density at radius 1 is 0.970 bits per heavy atom. The number of esters is 1. The maximum absolute atomic E-state index is 13.4. The highest BCUT2D eigenvalue weighted by atomic mass is 35.5. The summed E-state index contributed by atoms with van der Waals surface area (Å²) in [4.78, 5) is 28.3. The Morgan fingerprint density at radius 2 is 1.64 bits per heavy atom. The Kier molecular flexibility index (Phi) is 6.06. The van der Waals surface area contributed by atoms with Crippen LogP contribution in [0.2, 0.25) is 5.02 Å². The molecule has 1 heterocycles. The maximum atomic E-state index is 13.4. The number of hydrogen-bond donors (Lipinski definition) is 1. The Balaban J connectivity index is 1.46. The number of ether oxygens (including phenoxy) is 1. The summed E-state index contributed by atoms with van der Waals surface area (Å²) in [5.41, 5.74) is 0.998. The summed E-state index contributed by atoms with van der Waals surface area (Å²) in [6, 6.07) is 18.3. The van der Waals surface area contributed by atoms with Crippen LogP contribution < -0.4 is 10.1 Å². The number of halogens is 4. The first-order chi connectivity index (χ1) is 15.7. The van der Waals surface area contributed by atoms with E-state index < -0.39 is 30.4 Å². The van der Waals surface area contributed by atoms with Gasteiger partial charge >= 0.3 is 12.1 Å². The van der Waals surface area contributed by atoms with Crippen LogP contribution in [0, 0.1) is 0 Å². The van der Waals surface area contributed by atoms with Crippen LogP contribution in [-0.4, -0.2) is 21.4 Å². The fourth-order valence-corrected chi connectivity index (χ4v) is 3.42. The largest absolute Gasteiger partial charge is 0.449 e. The van der Waals surface area contributed by atoms with Gasteiger partial charge in [0, 0.05) is 5.69 Å². The number of anilines is 1. The molecule has 1 aromatic heterocycles. The third-order valence-electron chi connectivity index (χ3n) is 4.66. The van der Waals surface area contributed by atoms with Crippen molar-refractivity contribution in [1.82, 2.24) is 9.55 Å². The summed E-state index contributed by atoms with van der Waals surface area (Å²) in [5, 5.41) is 2.96. The van der Waals surface area contributed by atoms with Crippen molar-refractivity contribution in [2.75, 3.05) is 5.32 Å². The van der Waals surface area contributed by atoms with E-state index in [0.29, 0.717) is 16.3 Å². The van der Waals surface area contributed by atoms with Crippen molar-refractivity contribution in [3.05, 3.63) is 89.2 Å². The number of hydrogen-bond acceptors (Lipinski definition) is 4. The van der Waals surface area contributed by atoms with E-state index in [1.54, 1.807) is 36.4 Å². The molecule has 0 aliphatic rings. The summed E-state index contributed by atoms with van der Waals surface area (Å²) < 4.78 is 46.1. The molecule has 3 aromatic carbocycles. The zero-order chi connectivity index (χ0) is 23.6. The van der Waals surface area contributed by atoms with Crippen LogP contribution in [0.5, 0.6) is 5.75 Å². The summed E-state index contributed by atoms with van der Waals surface area (Å²) in [7, 11) is 0. The zero-order valence-electron chi connectivity index (χ0n) is 16.8. The van der Waals surface area contributed by atoms with Crippen molar-refractivity contribution in [1.29, 1.82) is 0 Å². The number of carbonyl (C=O) groups excluding carboxylic acids is 2. The normalized spacial score (nSPS) is 11.4. The molecular weight excluding hydrogens is 459 g/mol. The molecule has 0 aliphatic heterocycles. The highest BCUT2D eigenvalue weighted by Gasteiger charge is 2.38. The number of nitrogens with one attached hydrogen (secondary N) is 1. The third kappa shape index (κ3) is 4.98. The first kappa shape index (κ1) is 22.3. The van der Waals surface area contributed by atoms with Gasteiger partial charge in [0.15, 0.2) is 0 Å². The molecule has 33 heavy (non-hydrogen) atoms. The average molecular weight is 474 g/mol.